The predicted octanol–water partition coefficient (Wildman–Crippen LogP) is 1.65. The maximum absolute atomic E-state index is 11.0. The predicted molar refractivity (Wildman–Crippen MR) is 60.1 cm³/mol. The molecule has 0 heterocycles. The lowest BCUT2D eigenvalue weighted by Gasteiger charge is -2.22. The molecule has 0 radical (unpaired) electrons. The molecule has 0 bridgehead atoms. The van der Waals surface area contributed by atoms with Gasteiger partial charge in [-0.25, -0.2) is 0 Å². The lowest BCUT2D eigenvalue weighted by atomic mass is 10.1. The molecule has 0 aliphatic heterocycles. The van der Waals surface area contributed by atoms with Crippen LogP contribution in [-0.4, -0.2) is 29.4 Å². The van der Waals surface area contributed by atoms with Gasteiger partial charge in [0.15, 0.2) is 9.76 Å². The Morgan fingerprint density at radius 1 is 1.43 bits per heavy atom. The van der Waals surface area contributed by atoms with Gasteiger partial charge in [-0.15, -0.1) is 0 Å². The van der Waals surface area contributed by atoms with Crippen molar-refractivity contribution < 1.29 is 14.0 Å². The maximum Gasteiger partial charge on any atom is 0.305 e. The van der Waals surface area contributed by atoms with E-state index >= 15 is 0 Å². The van der Waals surface area contributed by atoms with E-state index in [0.29, 0.717) is 13.0 Å². The third-order valence-corrected chi connectivity index (χ3v) is 3.45. The molecule has 84 valence electrons. The van der Waals surface area contributed by atoms with Crippen LogP contribution in [0.4, 0.5) is 0 Å². The summed E-state index contributed by atoms with van der Waals surface area (Å²) in [5.74, 6) is -0.0811. The van der Waals surface area contributed by atoms with Gasteiger partial charge >= 0.3 is 5.97 Å². The summed E-state index contributed by atoms with van der Waals surface area (Å²) >= 11 is 0. The number of hydrogen-bond acceptors (Lipinski definition) is 3. The van der Waals surface area contributed by atoms with E-state index in [1.807, 2.05) is 6.92 Å². The van der Waals surface area contributed by atoms with Gasteiger partial charge in [-0.05, 0) is 17.9 Å². The maximum atomic E-state index is 11.0. The summed E-state index contributed by atoms with van der Waals surface area (Å²) in [6.45, 7) is 6.83. The molecule has 0 aromatic rings. The fourth-order valence-electron chi connectivity index (χ4n) is 1.18. The van der Waals surface area contributed by atoms with E-state index in [9.17, 15) is 4.79 Å². The molecule has 0 rings (SSSR count). The van der Waals surface area contributed by atoms with E-state index < -0.39 is 9.76 Å². The monoisotopic (exact) mass is 218 g/mol. The summed E-state index contributed by atoms with van der Waals surface area (Å²) < 4.78 is 10.3. The number of esters is 1. The highest BCUT2D eigenvalue weighted by Gasteiger charge is 2.18. The van der Waals surface area contributed by atoms with E-state index in [1.54, 1.807) is 7.11 Å². The van der Waals surface area contributed by atoms with Crippen molar-refractivity contribution in [3.05, 3.63) is 0 Å². The van der Waals surface area contributed by atoms with Gasteiger partial charge < -0.3 is 9.16 Å². The van der Waals surface area contributed by atoms with E-state index in [0.717, 1.165) is 12.8 Å². The molecule has 0 aromatic carbocycles. The SMILES string of the molecule is CCCC(=O)OCCC(C)(C)[SiH2]OC. The molecule has 0 amide bonds. The normalized spacial score (nSPS) is 12.3. The second kappa shape index (κ2) is 7.01. The zero-order chi connectivity index (χ0) is 11.0. The summed E-state index contributed by atoms with van der Waals surface area (Å²) in [5, 5.41) is 0.223. The van der Waals surface area contributed by atoms with Crippen molar-refractivity contribution in [2.45, 2.75) is 45.1 Å². The largest absolute Gasteiger partial charge is 0.466 e. The molecule has 0 atom stereocenters. The molecule has 0 N–H and O–H groups in total. The molecule has 0 saturated carbocycles. The number of rotatable bonds is 7. The third kappa shape index (κ3) is 7.09. The molecule has 0 saturated heterocycles. The zero-order valence-electron chi connectivity index (χ0n) is 9.76. The van der Waals surface area contributed by atoms with Crippen molar-refractivity contribution >= 4 is 15.7 Å². The lowest BCUT2D eigenvalue weighted by molar-refractivity contribution is -0.143. The minimum atomic E-state index is -0.498. The van der Waals surface area contributed by atoms with Gasteiger partial charge in [0.1, 0.15) is 0 Å². The van der Waals surface area contributed by atoms with Crippen LogP contribution >= 0.6 is 0 Å². The topological polar surface area (TPSA) is 35.5 Å². The van der Waals surface area contributed by atoms with Crippen LogP contribution in [0.3, 0.4) is 0 Å². The Labute approximate surface area is 89.1 Å². The first-order valence-corrected chi connectivity index (χ1v) is 6.45. The standard InChI is InChI=1S/C10H22O3Si/c1-5-6-9(11)13-8-7-10(2,3)14-12-4/h5-8,14H2,1-4H3. The Hall–Kier alpha value is -0.353. The van der Waals surface area contributed by atoms with Gasteiger partial charge in [0, 0.05) is 13.5 Å². The molecular weight excluding hydrogens is 196 g/mol. The first-order chi connectivity index (χ1) is 6.52. The third-order valence-electron chi connectivity index (χ3n) is 2.03. The van der Waals surface area contributed by atoms with Crippen LogP contribution in [0.5, 0.6) is 0 Å². The molecule has 0 aliphatic carbocycles. The van der Waals surface area contributed by atoms with Gasteiger partial charge in [0.25, 0.3) is 0 Å². The highest BCUT2D eigenvalue weighted by molar-refractivity contribution is 6.31. The highest BCUT2D eigenvalue weighted by atomic mass is 28.2. The Morgan fingerprint density at radius 3 is 2.57 bits per heavy atom. The van der Waals surface area contributed by atoms with Crippen LogP contribution in [0.2, 0.25) is 5.04 Å². The molecule has 0 spiro atoms. The van der Waals surface area contributed by atoms with Gasteiger partial charge in [0.2, 0.25) is 0 Å². The Bertz CT molecular complexity index is 169. The highest BCUT2D eigenvalue weighted by Crippen LogP contribution is 2.27. The number of ether oxygens (including phenoxy) is 1. The number of hydrogen-bond donors (Lipinski definition) is 0. The molecule has 0 aromatic heterocycles. The van der Waals surface area contributed by atoms with E-state index in [1.165, 1.54) is 0 Å². The second-order valence-corrected chi connectivity index (χ2v) is 7.10. The van der Waals surface area contributed by atoms with Crippen molar-refractivity contribution in [2.75, 3.05) is 13.7 Å². The van der Waals surface area contributed by atoms with E-state index in [4.69, 9.17) is 9.16 Å². The molecule has 4 heteroatoms. The molecular formula is C10H22O3Si. The molecule has 0 fully saturated rings. The minimum absolute atomic E-state index is 0.0811. The molecule has 0 aliphatic rings. The average molecular weight is 218 g/mol. The summed E-state index contributed by atoms with van der Waals surface area (Å²) in [6, 6.07) is 0. The first-order valence-electron chi connectivity index (χ1n) is 5.16. The van der Waals surface area contributed by atoms with E-state index in [-0.39, 0.29) is 11.0 Å². The van der Waals surface area contributed by atoms with Crippen molar-refractivity contribution in [2.24, 2.45) is 0 Å². The van der Waals surface area contributed by atoms with Gasteiger partial charge in [-0.3, -0.25) is 4.79 Å². The van der Waals surface area contributed by atoms with Crippen LogP contribution in [0.1, 0.15) is 40.0 Å². The summed E-state index contributed by atoms with van der Waals surface area (Å²) in [6.07, 6.45) is 2.29. The van der Waals surface area contributed by atoms with Crippen molar-refractivity contribution in [1.82, 2.24) is 0 Å². The van der Waals surface area contributed by atoms with Gasteiger partial charge in [-0.2, -0.15) is 0 Å². The smallest absolute Gasteiger partial charge is 0.305 e. The van der Waals surface area contributed by atoms with Crippen molar-refractivity contribution in [1.29, 1.82) is 0 Å². The zero-order valence-corrected chi connectivity index (χ0v) is 11.2. The van der Waals surface area contributed by atoms with Crippen LogP contribution in [-0.2, 0) is 14.0 Å². The summed E-state index contributed by atoms with van der Waals surface area (Å²) in [5.41, 5.74) is 0. The molecule has 3 nitrogen and oxygen atoms in total. The van der Waals surface area contributed by atoms with Crippen LogP contribution in [0.15, 0.2) is 0 Å². The number of carbonyl (C=O) groups excluding carboxylic acids is 1. The number of carbonyl (C=O) groups is 1. The quantitative estimate of drug-likeness (QED) is 0.481. The second-order valence-electron chi connectivity index (χ2n) is 4.32. The first kappa shape index (κ1) is 13.6. The summed E-state index contributed by atoms with van der Waals surface area (Å²) in [7, 11) is 1.25. The minimum Gasteiger partial charge on any atom is -0.466 e. The Kier molecular flexibility index (Phi) is 6.83. The molecule has 14 heavy (non-hydrogen) atoms. The molecule has 0 unspecified atom stereocenters. The Balaban J connectivity index is 3.57. The van der Waals surface area contributed by atoms with E-state index in [2.05, 4.69) is 13.8 Å². The van der Waals surface area contributed by atoms with Crippen molar-refractivity contribution in [3.8, 4) is 0 Å². The van der Waals surface area contributed by atoms with Gasteiger partial charge in [0.05, 0.1) is 6.61 Å². The Morgan fingerprint density at radius 2 is 2.07 bits per heavy atom. The van der Waals surface area contributed by atoms with Crippen LogP contribution < -0.4 is 0 Å². The summed E-state index contributed by atoms with van der Waals surface area (Å²) in [4.78, 5) is 11.0. The average Bonchev–Trinajstić information content (AvgIpc) is 2.03. The van der Waals surface area contributed by atoms with Gasteiger partial charge in [-0.1, -0.05) is 20.8 Å². The fourth-order valence-corrected chi connectivity index (χ4v) is 2.25. The lowest BCUT2D eigenvalue weighted by Crippen LogP contribution is -2.18. The van der Waals surface area contributed by atoms with Crippen molar-refractivity contribution in [3.63, 3.8) is 0 Å². The fraction of sp³-hybridized carbons (Fsp3) is 0.900. The van der Waals surface area contributed by atoms with Crippen LogP contribution in [0, 0.1) is 0 Å². The van der Waals surface area contributed by atoms with Crippen LogP contribution in [0.25, 0.3) is 0 Å².